The van der Waals surface area contributed by atoms with Gasteiger partial charge in [0.25, 0.3) is 5.91 Å². The first-order chi connectivity index (χ1) is 9.63. The van der Waals surface area contributed by atoms with E-state index in [-0.39, 0.29) is 23.0 Å². The third-order valence-corrected chi connectivity index (χ3v) is 3.57. The summed E-state index contributed by atoms with van der Waals surface area (Å²) in [5.41, 5.74) is 5.70. The maximum atomic E-state index is 12.4. The van der Waals surface area contributed by atoms with Gasteiger partial charge in [0.1, 0.15) is 0 Å². The van der Waals surface area contributed by atoms with Crippen LogP contribution in [0.1, 0.15) is 16.8 Å². The van der Waals surface area contributed by atoms with E-state index in [4.69, 9.17) is 5.73 Å². The number of rotatable bonds is 3. The van der Waals surface area contributed by atoms with Crippen molar-refractivity contribution in [2.24, 2.45) is 5.73 Å². The summed E-state index contributed by atoms with van der Waals surface area (Å²) >= 11 is 0. The van der Waals surface area contributed by atoms with E-state index in [0.717, 1.165) is 26.1 Å². The lowest BCUT2D eigenvalue weighted by molar-refractivity contribution is 0.0758. The van der Waals surface area contributed by atoms with Gasteiger partial charge in [-0.1, -0.05) is 6.07 Å². The number of hydrogen-bond acceptors (Lipinski definition) is 5. The monoisotopic (exact) mass is 279 g/mol. The molecular weight excluding hydrogens is 258 g/mol. The predicted molar refractivity (Wildman–Crippen MR) is 75.8 cm³/mol. The van der Waals surface area contributed by atoms with Crippen LogP contribution < -0.4 is 5.73 Å². The summed E-state index contributed by atoms with van der Waals surface area (Å²) in [4.78, 5) is 16.3. The molecule has 2 rings (SSSR count). The minimum Gasteiger partial charge on any atom is -0.504 e. The lowest BCUT2D eigenvalue weighted by Gasteiger charge is -2.22. The molecule has 1 aliphatic rings. The first kappa shape index (κ1) is 14.6. The van der Waals surface area contributed by atoms with Gasteiger partial charge in [0.05, 0.1) is 5.56 Å². The highest BCUT2D eigenvalue weighted by molar-refractivity contribution is 5.97. The molecule has 1 heterocycles. The molecule has 0 aliphatic carbocycles. The third-order valence-electron chi connectivity index (χ3n) is 3.57. The van der Waals surface area contributed by atoms with Crippen LogP contribution in [0, 0.1) is 0 Å². The van der Waals surface area contributed by atoms with Gasteiger partial charge in [-0.05, 0) is 25.1 Å². The summed E-state index contributed by atoms with van der Waals surface area (Å²) in [5.74, 6) is -0.857. The predicted octanol–water partition coefficient (Wildman–Crippen LogP) is 0.204. The molecule has 0 saturated carbocycles. The highest BCUT2D eigenvalue weighted by Crippen LogP contribution is 2.29. The molecule has 1 saturated heterocycles. The molecule has 20 heavy (non-hydrogen) atoms. The molecule has 0 radical (unpaired) electrons. The molecule has 1 aliphatic heterocycles. The molecule has 1 fully saturated rings. The number of benzene rings is 1. The molecule has 1 amide bonds. The fraction of sp³-hybridized carbons (Fsp3) is 0.500. The minimum atomic E-state index is -0.347. The smallest absolute Gasteiger partial charge is 0.257 e. The summed E-state index contributed by atoms with van der Waals surface area (Å²) in [6, 6.07) is 4.44. The highest BCUT2D eigenvalue weighted by Gasteiger charge is 2.23. The molecule has 6 heteroatoms. The van der Waals surface area contributed by atoms with Crippen molar-refractivity contribution in [1.29, 1.82) is 0 Å². The Kier molecular flexibility index (Phi) is 4.81. The van der Waals surface area contributed by atoms with Gasteiger partial charge in [-0.2, -0.15) is 0 Å². The maximum absolute atomic E-state index is 12.4. The second-order valence-electron chi connectivity index (χ2n) is 4.95. The van der Waals surface area contributed by atoms with Crippen LogP contribution in [-0.2, 0) is 0 Å². The number of hydrogen-bond donors (Lipinski definition) is 3. The van der Waals surface area contributed by atoms with Gasteiger partial charge in [-0.25, -0.2) is 0 Å². The molecule has 0 aromatic heterocycles. The zero-order valence-electron chi connectivity index (χ0n) is 11.5. The van der Waals surface area contributed by atoms with E-state index in [9.17, 15) is 15.0 Å². The van der Waals surface area contributed by atoms with Gasteiger partial charge < -0.3 is 25.7 Å². The molecule has 0 bridgehead atoms. The fourth-order valence-electron chi connectivity index (χ4n) is 2.45. The molecular formula is C14H21N3O3. The zero-order chi connectivity index (χ0) is 14.5. The number of phenolic OH excluding ortho intramolecular Hbond substituents is 2. The van der Waals surface area contributed by atoms with E-state index in [0.29, 0.717) is 19.6 Å². The van der Waals surface area contributed by atoms with E-state index in [2.05, 4.69) is 4.90 Å². The van der Waals surface area contributed by atoms with Crippen LogP contribution in [0.2, 0.25) is 0 Å². The number of amides is 1. The van der Waals surface area contributed by atoms with Crippen molar-refractivity contribution in [2.75, 3.05) is 39.3 Å². The van der Waals surface area contributed by atoms with E-state index in [1.165, 1.54) is 12.1 Å². The Hall–Kier alpha value is -1.79. The van der Waals surface area contributed by atoms with Crippen molar-refractivity contribution in [3.05, 3.63) is 23.8 Å². The maximum Gasteiger partial charge on any atom is 0.257 e. The molecule has 0 unspecified atom stereocenters. The SMILES string of the molecule is NCCN1CCCN(C(=O)c2cccc(O)c2O)CC1. The third kappa shape index (κ3) is 3.20. The number of nitrogens with two attached hydrogens (primary N) is 1. The number of para-hydroxylation sites is 1. The summed E-state index contributed by atoms with van der Waals surface area (Å²) in [7, 11) is 0. The Labute approximate surface area is 118 Å². The normalized spacial score (nSPS) is 16.9. The first-order valence-electron chi connectivity index (χ1n) is 6.86. The second kappa shape index (κ2) is 6.58. The highest BCUT2D eigenvalue weighted by atomic mass is 16.3. The topological polar surface area (TPSA) is 90.0 Å². The molecule has 1 aromatic rings. The van der Waals surface area contributed by atoms with Gasteiger partial charge >= 0.3 is 0 Å². The Morgan fingerprint density at radius 2 is 2.00 bits per heavy atom. The minimum absolute atomic E-state index is 0.150. The fourth-order valence-corrected chi connectivity index (χ4v) is 2.45. The van der Waals surface area contributed by atoms with Crippen molar-refractivity contribution in [3.63, 3.8) is 0 Å². The largest absolute Gasteiger partial charge is 0.504 e. The molecule has 1 aromatic carbocycles. The number of carbonyl (C=O) groups excluding carboxylic acids is 1. The Morgan fingerprint density at radius 1 is 1.20 bits per heavy atom. The summed E-state index contributed by atoms with van der Waals surface area (Å²) in [5, 5.41) is 19.3. The molecule has 110 valence electrons. The van der Waals surface area contributed by atoms with Crippen molar-refractivity contribution in [2.45, 2.75) is 6.42 Å². The molecule has 0 atom stereocenters. The van der Waals surface area contributed by atoms with Gasteiger partial charge in [-0.3, -0.25) is 4.79 Å². The average molecular weight is 279 g/mol. The van der Waals surface area contributed by atoms with Crippen LogP contribution in [0.5, 0.6) is 11.5 Å². The van der Waals surface area contributed by atoms with Crippen LogP contribution >= 0.6 is 0 Å². The van der Waals surface area contributed by atoms with Crippen molar-refractivity contribution in [1.82, 2.24) is 9.80 Å². The van der Waals surface area contributed by atoms with Crippen LogP contribution in [0.25, 0.3) is 0 Å². The Bertz CT molecular complexity index is 479. The van der Waals surface area contributed by atoms with E-state index in [1.807, 2.05) is 0 Å². The van der Waals surface area contributed by atoms with Crippen LogP contribution in [0.3, 0.4) is 0 Å². The van der Waals surface area contributed by atoms with Crippen molar-refractivity contribution in [3.8, 4) is 11.5 Å². The first-order valence-corrected chi connectivity index (χ1v) is 6.86. The average Bonchev–Trinajstić information content (AvgIpc) is 2.67. The van der Waals surface area contributed by atoms with Crippen LogP contribution in [-0.4, -0.2) is 65.2 Å². The number of phenols is 2. The summed E-state index contributed by atoms with van der Waals surface area (Å²) in [6.45, 7) is 4.40. The van der Waals surface area contributed by atoms with E-state index in [1.54, 1.807) is 11.0 Å². The van der Waals surface area contributed by atoms with Crippen molar-refractivity contribution < 1.29 is 15.0 Å². The Balaban J connectivity index is 2.07. The van der Waals surface area contributed by atoms with Gasteiger partial charge in [0.2, 0.25) is 0 Å². The quantitative estimate of drug-likeness (QED) is 0.688. The number of nitrogens with zero attached hydrogens (tertiary/aromatic N) is 2. The van der Waals surface area contributed by atoms with E-state index < -0.39 is 0 Å². The second-order valence-corrected chi connectivity index (χ2v) is 4.95. The standard InChI is InChI=1S/C14H21N3O3/c15-5-8-16-6-2-7-17(10-9-16)14(20)11-3-1-4-12(18)13(11)19/h1,3-4,18-19H,2,5-10,15H2. The van der Waals surface area contributed by atoms with Crippen molar-refractivity contribution >= 4 is 5.91 Å². The zero-order valence-corrected chi connectivity index (χ0v) is 11.5. The van der Waals surface area contributed by atoms with Crippen LogP contribution in [0.15, 0.2) is 18.2 Å². The van der Waals surface area contributed by atoms with E-state index >= 15 is 0 Å². The lowest BCUT2D eigenvalue weighted by atomic mass is 10.1. The van der Waals surface area contributed by atoms with Crippen LogP contribution in [0.4, 0.5) is 0 Å². The van der Waals surface area contributed by atoms with Gasteiger partial charge in [-0.15, -0.1) is 0 Å². The molecule has 0 spiro atoms. The number of aromatic hydroxyl groups is 2. The summed E-state index contributed by atoms with van der Waals surface area (Å²) in [6.07, 6.45) is 0.880. The van der Waals surface area contributed by atoms with Gasteiger partial charge in [0.15, 0.2) is 11.5 Å². The number of carbonyl (C=O) groups is 1. The van der Waals surface area contributed by atoms with Gasteiger partial charge in [0, 0.05) is 32.7 Å². The lowest BCUT2D eigenvalue weighted by Crippen LogP contribution is -2.36. The Morgan fingerprint density at radius 3 is 2.75 bits per heavy atom. The molecule has 4 N–H and O–H groups in total. The molecule has 6 nitrogen and oxygen atoms in total. The summed E-state index contributed by atoms with van der Waals surface area (Å²) < 4.78 is 0.